The van der Waals surface area contributed by atoms with Gasteiger partial charge in [-0.05, 0) is 133 Å². The summed E-state index contributed by atoms with van der Waals surface area (Å²) in [5, 5.41) is 18.9. The third-order valence-electron chi connectivity index (χ3n) is 12.5. The largest absolute Gasteiger partial charge is 0.480 e. The van der Waals surface area contributed by atoms with Gasteiger partial charge < -0.3 is 48.1 Å². The molecule has 2 aliphatic rings. The van der Waals surface area contributed by atoms with E-state index in [0.717, 1.165) is 57.1 Å². The molecule has 0 aliphatic carbocycles. The number of ether oxygens (including phenoxy) is 8. The van der Waals surface area contributed by atoms with Crippen molar-refractivity contribution in [1.29, 1.82) is 0 Å². The second kappa shape index (κ2) is 32.6. The minimum Gasteiger partial charge on any atom is -0.480 e. The zero-order valence-electron chi connectivity index (χ0n) is 50.9. The number of aliphatic carboxylic acids is 1. The lowest BCUT2D eigenvalue weighted by Crippen LogP contribution is -2.49. The predicted molar refractivity (Wildman–Crippen MR) is 315 cm³/mol. The van der Waals surface area contributed by atoms with Crippen molar-refractivity contribution in [2.45, 2.75) is 162 Å². The van der Waals surface area contributed by atoms with Gasteiger partial charge in [0.2, 0.25) is 6.10 Å². The van der Waals surface area contributed by atoms with Crippen LogP contribution in [0.1, 0.15) is 123 Å². The number of carbonyl (C=O) groups is 6. The molecule has 0 saturated heterocycles. The zero-order chi connectivity index (χ0) is 63.1. The average Bonchev–Trinajstić information content (AvgIpc) is 3.55. The van der Waals surface area contributed by atoms with E-state index in [1.165, 1.54) is 52.9 Å². The van der Waals surface area contributed by atoms with E-state index in [4.69, 9.17) is 43.0 Å². The summed E-state index contributed by atoms with van der Waals surface area (Å²) in [6.07, 6.45) is 0.574. The van der Waals surface area contributed by atoms with Crippen LogP contribution in [-0.2, 0) is 72.0 Å². The molecular formula is C65H84F2N2O16. The predicted octanol–water partition coefficient (Wildman–Crippen LogP) is 11.4. The third kappa shape index (κ3) is 26.4. The number of hydrogen-bond acceptors (Lipinski definition) is 15. The fraction of sp³-hybridized carbons (Fsp3) is 0.477. The smallest absolute Gasteiger partial charge is 0.410 e. The highest BCUT2D eigenvalue weighted by molar-refractivity contribution is 5.85. The maximum atomic E-state index is 14.8. The molecule has 4 aromatic rings. The second-order valence-corrected chi connectivity index (χ2v) is 23.5. The lowest BCUT2D eigenvalue weighted by atomic mass is 9.98. The van der Waals surface area contributed by atoms with Gasteiger partial charge in [0.1, 0.15) is 53.6 Å². The molecule has 0 spiro atoms. The Labute approximate surface area is 498 Å². The van der Waals surface area contributed by atoms with E-state index in [2.05, 4.69) is 6.08 Å². The molecule has 4 aromatic carbocycles. The van der Waals surface area contributed by atoms with Gasteiger partial charge in [-0.2, -0.15) is 0 Å². The Morgan fingerprint density at radius 3 is 1.36 bits per heavy atom. The summed E-state index contributed by atoms with van der Waals surface area (Å²) < 4.78 is 71.0. The molecule has 4 atom stereocenters. The van der Waals surface area contributed by atoms with Crippen LogP contribution < -0.4 is 4.74 Å². The summed E-state index contributed by atoms with van der Waals surface area (Å²) in [4.78, 5) is 76.1. The number of carbonyl (C=O) groups excluding carboxylic acids is 5. The molecule has 0 radical (unpaired) electrons. The number of benzene rings is 4. The van der Waals surface area contributed by atoms with Crippen molar-refractivity contribution in [2.75, 3.05) is 40.5 Å². The van der Waals surface area contributed by atoms with Crippen LogP contribution in [0, 0.1) is 0 Å². The van der Waals surface area contributed by atoms with Crippen molar-refractivity contribution in [3.8, 4) is 5.75 Å². The molecule has 0 bridgehead atoms. The molecule has 0 unspecified atom stereocenters. The van der Waals surface area contributed by atoms with Crippen molar-refractivity contribution < 1.29 is 85.7 Å². The minimum absolute atomic E-state index is 0.0123. The number of esters is 3. The van der Waals surface area contributed by atoms with Crippen LogP contribution >= 0.6 is 0 Å². The van der Waals surface area contributed by atoms with E-state index in [1.54, 1.807) is 53.7 Å². The lowest BCUT2D eigenvalue weighted by molar-refractivity contribution is -0.172. The summed E-state index contributed by atoms with van der Waals surface area (Å²) in [6, 6.07) is 30.7. The van der Waals surface area contributed by atoms with Crippen LogP contribution in [-0.4, -0.2) is 144 Å². The zero-order valence-corrected chi connectivity index (χ0v) is 50.9. The van der Waals surface area contributed by atoms with E-state index in [9.17, 15) is 42.7 Å². The summed E-state index contributed by atoms with van der Waals surface area (Å²) >= 11 is 0. The monoisotopic (exact) mass is 1190 g/mol. The number of amides is 2. The first-order chi connectivity index (χ1) is 39.8. The number of likely N-dealkylation sites (N-methyl/N-ethyl adjacent to an activating group) is 2. The number of aliphatic hydroxyl groups excluding tert-OH is 1. The first kappa shape index (κ1) is 69.8. The Morgan fingerprint density at radius 2 is 0.965 bits per heavy atom. The highest BCUT2D eigenvalue weighted by atomic mass is 19.1. The van der Waals surface area contributed by atoms with Gasteiger partial charge >= 0.3 is 36.1 Å². The van der Waals surface area contributed by atoms with Gasteiger partial charge in [-0.25, -0.2) is 37.5 Å². The van der Waals surface area contributed by atoms with Crippen LogP contribution in [0.3, 0.4) is 0 Å². The van der Waals surface area contributed by atoms with Gasteiger partial charge in [0.25, 0.3) is 6.29 Å². The van der Waals surface area contributed by atoms with Crippen molar-refractivity contribution >= 4 is 47.2 Å². The van der Waals surface area contributed by atoms with Crippen LogP contribution in [0.5, 0.6) is 5.75 Å². The Morgan fingerprint density at radius 1 is 0.553 bits per heavy atom. The SMILES string of the molecule is CN(C(=O)OC(C)(C)C)[C@@H](CC(C)(C)F)C(=O)O.CN(C(=O)OC(C)(C)C)[C@@H](CC(C)(C)F)C(=O)O[C@H](Cc1ccc(C2=CCOCC2)cc1)C(=O)OCc1ccccc1.O=C(OCc1ccccc1)[C@H](O)Oc1ccc(C2=CCOCC2)cc1. The molecule has 0 fully saturated rings. The first-order valence-electron chi connectivity index (χ1n) is 28.0. The van der Waals surface area contributed by atoms with Gasteiger partial charge in [-0.15, -0.1) is 0 Å². The van der Waals surface area contributed by atoms with Crippen molar-refractivity contribution in [1.82, 2.24) is 9.80 Å². The molecule has 2 N–H and O–H groups in total. The molecular weight excluding hydrogens is 1100 g/mol. The summed E-state index contributed by atoms with van der Waals surface area (Å²) in [5.74, 6) is -3.35. The normalized spacial score (nSPS) is 14.9. The van der Waals surface area contributed by atoms with E-state index < -0.39 is 83.1 Å². The number of alkyl halides is 2. The highest BCUT2D eigenvalue weighted by Crippen LogP contribution is 2.27. The molecule has 2 amide bonds. The fourth-order valence-corrected chi connectivity index (χ4v) is 8.20. The lowest BCUT2D eigenvalue weighted by Gasteiger charge is -2.32. The maximum absolute atomic E-state index is 14.8. The van der Waals surface area contributed by atoms with E-state index in [-0.39, 0.29) is 32.5 Å². The Balaban J connectivity index is 0.000000304. The summed E-state index contributed by atoms with van der Waals surface area (Å²) in [7, 11) is 2.64. The van der Waals surface area contributed by atoms with Gasteiger partial charge in [0, 0.05) is 33.4 Å². The van der Waals surface area contributed by atoms with Gasteiger partial charge in [-0.1, -0.05) is 109 Å². The Hall–Kier alpha value is -7.68. The van der Waals surface area contributed by atoms with Crippen LogP contribution in [0.15, 0.2) is 121 Å². The topological polar surface area (TPSA) is 223 Å². The number of carboxylic acid groups (broad SMARTS) is 1. The number of rotatable bonds is 21. The minimum atomic E-state index is -1.82. The highest BCUT2D eigenvalue weighted by Gasteiger charge is 2.39. The molecule has 0 aromatic heterocycles. The number of hydrogen-bond donors (Lipinski definition) is 2. The van der Waals surface area contributed by atoms with Crippen LogP contribution in [0.25, 0.3) is 11.1 Å². The second-order valence-electron chi connectivity index (χ2n) is 23.5. The molecule has 20 heteroatoms. The first-order valence-corrected chi connectivity index (χ1v) is 28.0. The van der Waals surface area contributed by atoms with Gasteiger partial charge in [0.05, 0.1) is 26.4 Å². The molecule has 6 rings (SSSR count). The van der Waals surface area contributed by atoms with Gasteiger partial charge in [-0.3, -0.25) is 9.80 Å². The molecule has 18 nitrogen and oxygen atoms in total. The number of nitrogens with zero attached hydrogens (tertiary/aromatic N) is 2. The van der Waals surface area contributed by atoms with Gasteiger partial charge in [0.15, 0.2) is 0 Å². The number of carboxylic acids is 1. The van der Waals surface area contributed by atoms with Crippen LogP contribution in [0.2, 0.25) is 0 Å². The molecule has 85 heavy (non-hydrogen) atoms. The maximum Gasteiger partial charge on any atom is 0.410 e. The molecule has 2 heterocycles. The Bertz CT molecular complexity index is 2840. The van der Waals surface area contributed by atoms with Crippen molar-refractivity contribution in [3.05, 3.63) is 149 Å². The molecule has 2 aliphatic heterocycles. The molecule has 0 saturated carbocycles. The van der Waals surface area contributed by atoms with E-state index in [0.29, 0.717) is 25.6 Å². The summed E-state index contributed by atoms with van der Waals surface area (Å²) in [5.41, 5.74) is 1.83. The third-order valence-corrected chi connectivity index (χ3v) is 12.5. The Kier molecular flexibility index (Phi) is 26.7. The molecule has 464 valence electrons. The van der Waals surface area contributed by atoms with E-state index >= 15 is 0 Å². The summed E-state index contributed by atoms with van der Waals surface area (Å²) in [6.45, 7) is 17.9. The number of halogens is 2. The average molecular weight is 1190 g/mol. The number of aliphatic hydroxyl groups is 1. The fourth-order valence-electron chi connectivity index (χ4n) is 8.20. The quantitative estimate of drug-likeness (QED) is 0.0450. The van der Waals surface area contributed by atoms with Crippen molar-refractivity contribution in [3.63, 3.8) is 0 Å². The van der Waals surface area contributed by atoms with Crippen LogP contribution in [0.4, 0.5) is 18.4 Å². The van der Waals surface area contributed by atoms with Crippen molar-refractivity contribution in [2.24, 2.45) is 0 Å². The standard InChI is InChI=1S/C33H42FNO7.C20H20O5.C12H22FNO4/c1-32(2,3)42-31(38)35(6)27(21-33(4,5)34)29(36)41-28(30(37)40-22-24-10-8-7-9-11-24)20-23-12-14-25(15-13-23)26-16-18-39-19-17-26;21-19(24-14-15-4-2-1-3-5-15)20(22)25-18-8-6-16(7-9-18)17-10-12-23-13-11-17;1-11(2,3)18-10(17)14(6)8(9(15)16)7-12(4,5)13/h7-16,27-28H,17-22H2,1-6H3;1-10,20,22H,11-14H2;8H,7H2,1-6H3,(H,15,16)/t27-,28+;20-;8-/m010/s1. The van der Waals surface area contributed by atoms with E-state index in [1.807, 2.05) is 103 Å².